The highest BCUT2D eigenvalue weighted by Crippen LogP contribution is 2.28. The monoisotopic (exact) mass is 279 g/mol. The van der Waals surface area contributed by atoms with Gasteiger partial charge in [0.05, 0.1) is 6.04 Å². The van der Waals surface area contributed by atoms with Gasteiger partial charge in [-0.3, -0.25) is 0 Å². The molecule has 1 atom stereocenters. The van der Waals surface area contributed by atoms with Gasteiger partial charge in [0.15, 0.2) is 0 Å². The van der Waals surface area contributed by atoms with E-state index >= 15 is 0 Å². The van der Waals surface area contributed by atoms with Crippen molar-refractivity contribution in [2.45, 2.75) is 19.9 Å². The quantitative estimate of drug-likeness (QED) is 0.801. The average Bonchev–Trinajstić information content (AvgIpc) is 2.32. The van der Waals surface area contributed by atoms with E-state index in [9.17, 15) is 9.50 Å². The van der Waals surface area contributed by atoms with E-state index in [1.165, 1.54) is 12.1 Å². The van der Waals surface area contributed by atoms with Crippen LogP contribution in [0.1, 0.15) is 24.1 Å². The zero-order chi connectivity index (χ0) is 14.0. The van der Waals surface area contributed by atoms with Crippen molar-refractivity contribution in [1.82, 2.24) is 0 Å². The van der Waals surface area contributed by atoms with Crippen LogP contribution < -0.4 is 5.32 Å². The Morgan fingerprint density at radius 2 is 1.95 bits per heavy atom. The van der Waals surface area contributed by atoms with Crippen molar-refractivity contribution in [3.05, 3.63) is 58.4 Å². The van der Waals surface area contributed by atoms with E-state index in [1.807, 2.05) is 13.8 Å². The molecule has 0 fully saturated rings. The second kappa shape index (κ2) is 5.49. The van der Waals surface area contributed by atoms with Gasteiger partial charge in [-0.15, -0.1) is 0 Å². The Morgan fingerprint density at radius 1 is 1.21 bits per heavy atom. The van der Waals surface area contributed by atoms with E-state index in [2.05, 4.69) is 5.32 Å². The van der Waals surface area contributed by atoms with Gasteiger partial charge in [-0.05, 0) is 55.3 Å². The summed E-state index contributed by atoms with van der Waals surface area (Å²) in [6.45, 7) is 3.85. The molecule has 0 heterocycles. The van der Waals surface area contributed by atoms with Crippen molar-refractivity contribution in [3.8, 4) is 5.75 Å². The number of rotatable bonds is 3. The van der Waals surface area contributed by atoms with E-state index in [-0.39, 0.29) is 17.6 Å². The molecular weight excluding hydrogens is 265 g/mol. The van der Waals surface area contributed by atoms with E-state index in [0.29, 0.717) is 5.02 Å². The number of benzene rings is 2. The zero-order valence-corrected chi connectivity index (χ0v) is 11.5. The molecule has 0 aliphatic rings. The minimum Gasteiger partial charge on any atom is -0.508 e. The second-order valence-corrected chi connectivity index (χ2v) is 4.94. The van der Waals surface area contributed by atoms with Gasteiger partial charge in [0, 0.05) is 10.7 Å². The molecule has 0 saturated carbocycles. The zero-order valence-electron chi connectivity index (χ0n) is 10.7. The maximum absolute atomic E-state index is 13.0. The fraction of sp³-hybridized carbons (Fsp3) is 0.200. The van der Waals surface area contributed by atoms with Crippen molar-refractivity contribution in [2.24, 2.45) is 0 Å². The number of aryl methyl sites for hydroxylation is 1. The van der Waals surface area contributed by atoms with Crippen molar-refractivity contribution in [3.63, 3.8) is 0 Å². The van der Waals surface area contributed by atoms with Crippen LogP contribution >= 0.6 is 11.6 Å². The number of halogens is 2. The Labute approximate surface area is 116 Å². The highest BCUT2D eigenvalue weighted by atomic mass is 35.5. The summed E-state index contributed by atoms with van der Waals surface area (Å²) in [6.07, 6.45) is 0. The molecule has 4 heteroatoms. The molecule has 0 aliphatic heterocycles. The highest BCUT2D eigenvalue weighted by Gasteiger charge is 2.11. The van der Waals surface area contributed by atoms with Crippen LogP contribution in [-0.4, -0.2) is 5.11 Å². The number of hydrogen-bond acceptors (Lipinski definition) is 2. The number of anilines is 1. The van der Waals surface area contributed by atoms with Crippen LogP contribution in [0.4, 0.5) is 10.1 Å². The van der Waals surface area contributed by atoms with Crippen molar-refractivity contribution in [2.75, 3.05) is 5.32 Å². The molecule has 1 unspecified atom stereocenters. The summed E-state index contributed by atoms with van der Waals surface area (Å²) in [7, 11) is 0. The van der Waals surface area contributed by atoms with Gasteiger partial charge in [0.1, 0.15) is 11.6 Å². The third-order valence-electron chi connectivity index (χ3n) is 3.01. The number of nitrogens with one attached hydrogen (secondary N) is 1. The van der Waals surface area contributed by atoms with Gasteiger partial charge in [0.25, 0.3) is 0 Å². The number of phenolic OH excluding ortho intramolecular Hbond substituents is 1. The number of phenols is 1. The maximum Gasteiger partial charge on any atom is 0.124 e. The standard InChI is InChI=1S/C15H15ClFNO/c1-9-7-12(19)4-6-15(9)18-10(2)13-5-3-11(17)8-14(13)16/h3-8,10,18-19H,1-2H3. The molecular formula is C15H15ClFNO. The second-order valence-electron chi connectivity index (χ2n) is 4.53. The summed E-state index contributed by atoms with van der Waals surface area (Å²) in [4.78, 5) is 0. The predicted octanol–water partition coefficient (Wildman–Crippen LogP) is 4.67. The van der Waals surface area contributed by atoms with Crippen LogP contribution in [0.2, 0.25) is 5.02 Å². The van der Waals surface area contributed by atoms with Gasteiger partial charge in [-0.2, -0.15) is 0 Å². The first kappa shape index (κ1) is 13.7. The van der Waals surface area contributed by atoms with Gasteiger partial charge < -0.3 is 10.4 Å². The molecule has 19 heavy (non-hydrogen) atoms. The Kier molecular flexibility index (Phi) is 3.96. The molecule has 0 saturated heterocycles. The largest absolute Gasteiger partial charge is 0.508 e. The van der Waals surface area contributed by atoms with E-state index in [1.54, 1.807) is 24.3 Å². The molecule has 0 spiro atoms. The molecule has 0 amide bonds. The van der Waals surface area contributed by atoms with Crippen LogP contribution in [0, 0.1) is 12.7 Å². The van der Waals surface area contributed by atoms with Crippen molar-refractivity contribution >= 4 is 17.3 Å². The normalized spacial score (nSPS) is 12.2. The van der Waals surface area contributed by atoms with Crippen molar-refractivity contribution < 1.29 is 9.50 Å². The minimum absolute atomic E-state index is 0.0589. The lowest BCUT2D eigenvalue weighted by atomic mass is 10.1. The Balaban J connectivity index is 2.23. The summed E-state index contributed by atoms with van der Waals surface area (Å²) < 4.78 is 13.0. The van der Waals surface area contributed by atoms with E-state index < -0.39 is 0 Å². The lowest BCUT2D eigenvalue weighted by Gasteiger charge is -2.18. The fourth-order valence-corrected chi connectivity index (χ4v) is 2.30. The topological polar surface area (TPSA) is 32.3 Å². The molecule has 2 nitrogen and oxygen atoms in total. The van der Waals surface area contributed by atoms with Crippen molar-refractivity contribution in [1.29, 1.82) is 0 Å². The average molecular weight is 280 g/mol. The van der Waals surface area contributed by atoms with Gasteiger partial charge in [-0.25, -0.2) is 4.39 Å². The molecule has 100 valence electrons. The molecule has 2 aromatic carbocycles. The van der Waals surface area contributed by atoms with E-state index in [4.69, 9.17) is 11.6 Å². The highest BCUT2D eigenvalue weighted by molar-refractivity contribution is 6.31. The molecule has 0 bridgehead atoms. The number of hydrogen-bond donors (Lipinski definition) is 2. The van der Waals surface area contributed by atoms with Crippen LogP contribution in [0.15, 0.2) is 36.4 Å². The molecule has 0 aromatic heterocycles. The first-order valence-corrected chi connectivity index (χ1v) is 6.36. The van der Waals surface area contributed by atoms with Crippen LogP contribution in [0.3, 0.4) is 0 Å². The lowest BCUT2D eigenvalue weighted by Crippen LogP contribution is -2.08. The third kappa shape index (κ3) is 3.18. The SMILES string of the molecule is Cc1cc(O)ccc1NC(C)c1ccc(F)cc1Cl. The van der Waals surface area contributed by atoms with Crippen LogP contribution in [-0.2, 0) is 0 Å². The fourth-order valence-electron chi connectivity index (χ4n) is 1.97. The Hall–Kier alpha value is -1.74. The number of aromatic hydroxyl groups is 1. The Bertz CT molecular complexity index is 601. The van der Waals surface area contributed by atoms with Gasteiger partial charge in [-0.1, -0.05) is 17.7 Å². The molecule has 2 aromatic rings. The summed E-state index contributed by atoms with van der Waals surface area (Å²) in [5.74, 6) is -0.114. The Morgan fingerprint density at radius 3 is 2.58 bits per heavy atom. The predicted molar refractivity (Wildman–Crippen MR) is 76.3 cm³/mol. The molecule has 0 aliphatic carbocycles. The molecule has 2 N–H and O–H groups in total. The first-order chi connectivity index (χ1) is 8.97. The molecule has 2 rings (SSSR count). The maximum atomic E-state index is 13.0. The summed E-state index contributed by atoms with van der Waals surface area (Å²) in [5, 5.41) is 13.1. The first-order valence-electron chi connectivity index (χ1n) is 5.98. The smallest absolute Gasteiger partial charge is 0.124 e. The van der Waals surface area contributed by atoms with Gasteiger partial charge in [0.2, 0.25) is 0 Å². The minimum atomic E-state index is -0.346. The van der Waals surface area contributed by atoms with Crippen LogP contribution in [0.25, 0.3) is 0 Å². The van der Waals surface area contributed by atoms with Crippen LogP contribution in [0.5, 0.6) is 5.75 Å². The lowest BCUT2D eigenvalue weighted by molar-refractivity contribution is 0.475. The summed E-state index contributed by atoms with van der Waals surface area (Å²) in [6, 6.07) is 9.41. The summed E-state index contributed by atoms with van der Waals surface area (Å²) in [5.41, 5.74) is 2.67. The molecule has 0 radical (unpaired) electrons. The van der Waals surface area contributed by atoms with E-state index in [0.717, 1.165) is 16.8 Å². The van der Waals surface area contributed by atoms with Gasteiger partial charge >= 0.3 is 0 Å². The summed E-state index contributed by atoms with van der Waals surface area (Å²) >= 11 is 6.04. The third-order valence-corrected chi connectivity index (χ3v) is 3.34.